The van der Waals surface area contributed by atoms with Crippen molar-refractivity contribution in [1.82, 2.24) is 10.3 Å². The first kappa shape index (κ1) is 24.7. The number of aromatic nitrogens is 1. The molecule has 2 fully saturated rings. The minimum absolute atomic E-state index is 0.0943. The predicted molar refractivity (Wildman–Crippen MR) is 140 cm³/mol. The molecule has 8 nitrogen and oxygen atoms in total. The van der Waals surface area contributed by atoms with E-state index in [1.807, 2.05) is 38.2 Å². The van der Waals surface area contributed by atoms with Gasteiger partial charge in [-0.25, -0.2) is 8.42 Å². The van der Waals surface area contributed by atoms with Gasteiger partial charge in [-0.3, -0.25) is 9.62 Å². The highest BCUT2D eigenvalue weighted by Crippen LogP contribution is 2.50. The van der Waals surface area contributed by atoms with E-state index in [-0.39, 0.29) is 31.4 Å². The molecule has 1 aromatic carbocycles. The summed E-state index contributed by atoms with van der Waals surface area (Å²) in [6.07, 6.45) is 2.98. The van der Waals surface area contributed by atoms with Gasteiger partial charge in [0.2, 0.25) is 15.7 Å². The maximum Gasteiger partial charge on any atom is 0.233 e. The van der Waals surface area contributed by atoms with Crippen LogP contribution in [0, 0.1) is 6.92 Å². The summed E-state index contributed by atoms with van der Waals surface area (Å²) < 4.78 is 44.8. The van der Waals surface area contributed by atoms with Crippen LogP contribution in [0.15, 0.2) is 34.7 Å². The molecular weight excluding hydrogens is 534 g/mol. The van der Waals surface area contributed by atoms with Crippen LogP contribution in [-0.2, 0) is 19.5 Å². The Kier molecular flexibility index (Phi) is 6.93. The zero-order chi connectivity index (χ0) is 24.7. The number of sulfonamides is 1. The molecule has 3 heterocycles. The average molecular weight is 565 g/mol. The molecule has 5 rings (SSSR count). The Hall–Kier alpha value is -1.98. The third kappa shape index (κ3) is 5.13. The van der Waals surface area contributed by atoms with Crippen molar-refractivity contribution < 1.29 is 22.3 Å². The maximum absolute atomic E-state index is 12.8. The molecule has 0 bridgehead atoms. The van der Waals surface area contributed by atoms with E-state index in [0.717, 1.165) is 40.5 Å². The summed E-state index contributed by atoms with van der Waals surface area (Å²) in [7, 11) is -1.71. The van der Waals surface area contributed by atoms with Gasteiger partial charge in [-0.2, -0.15) is 4.98 Å². The van der Waals surface area contributed by atoms with Gasteiger partial charge in [0.05, 0.1) is 26.0 Å². The Morgan fingerprint density at radius 3 is 2.57 bits per heavy atom. The third-order valence-electron chi connectivity index (χ3n) is 6.42. The Morgan fingerprint density at radius 1 is 1.23 bits per heavy atom. The minimum atomic E-state index is -3.58. The number of epoxide rings is 1. The van der Waals surface area contributed by atoms with Crippen LogP contribution < -0.4 is 9.62 Å². The highest BCUT2D eigenvalue weighted by molar-refractivity contribution is 9.09. The van der Waals surface area contributed by atoms with Gasteiger partial charge < -0.3 is 13.9 Å². The van der Waals surface area contributed by atoms with Crippen LogP contribution in [0.4, 0.5) is 5.82 Å². The van der Waals surface area contributed by atoms with Crippen molar-refractivity contribution in [1.29, 1.82) is 0 Å². The van der Waals surface area contributed by atoms with E-state index in [4.69, 9.17) is 18.9 Å². The predicted octanol–water partition coefficient (Wildman–Crippen LogP) is 4.47. The highest BCUT2D eigenvalue weighted by Gasteiger charge is 2.44. The zero-order valence-corrected chi connectivity index (χ0v) is 22.5. The largest absolute Gasteiger partial charge is 0.437 e. The lowest BCUT2D eigenvalue weighted by Crippen LogP contribution is -2.34. The summed E-state index contributed by atoms with van der Waals surface area (Å²) in [5, 5.41) is 4.74. The van der Waals surface area contributed by atoms with Gasteiger partial charge in [-0.1, -0.05) is 45.8 Å². The number of rotatable bonds is 11. The molecule has 2 aliphatic rings. The highest BCUT2D eigenvalue weighted by atomic mass is 79.9. The Balaban J connectivity index is 1.65. The number of alkyl halides is 1. The van der Waals surface area contributed by atoms with Crippen molar-refractivity contribution in [3.05, 3.63) is 47.0 Å². The fourth-order valence-electron chi connectivity index (χ4n) is 4.43. The number of ether oxygens (including phenoxy) is 2. The molecule has 0 spiro atoms. The molecule has 3 aromatic rings. The number of furan rings is 1. The summed E-state index contributed by atoms with van der Waals surface area (Å²) >= 11 is 3.33. The molecule has 10 heteroatoms. The lowest BCUT2D eigenvalue weighted by Gasteiger charge is -2.23. The molecule has 2 aromatic heterocycles. The van der Waals surface area contributed by atoms with E-state index >= 15 is 0 Å². The maximum atomic E-state index is 12.8. The topological polar surface area (TPSA) is 97.2 Å². The van der Waals surface area contributed by atoms with Gasteiger partial charge >= 0.3 is 0 Å². The average Bonchev–Trinajstić information content (AvgIpc) is 3.75. The van der Waals surface area contributed by atoms with Crippen LogP contribution >= 0.6 is 15.9 Å². The Bertz CT molecular complexity index is 1320. The second kappa shape index (κ2) is 9.82. The van der Waals surface area contributed by atoms with Gasteiger partial charge in [-0.05, 0) is 44.4 Å². The number of benzene rings is 1. The molecule has 1 aliphatic carbocycles. The SMILES string of the molecule is CNC1OC1c1c(-c2ccc(C)cc2)oc2nc(N(CCOCCBr)S(C)(=O)=O)c(C3CC3)cc12. The van der Waals surface area contributed by atoms with Crippen LogP contribution in [0.25, 0.3) is 22.4 Å². The number of anilines is 1. The molecule has 2 unspecified atom stereocenters. The van der Waals surface area contributed by atoms with E-state index in [1.54, 1.807) is 0 Å². The van der Waals surface area contributed by atoms with Crippen molar-refractivity contribution in [3.63, 3.8) is 0 Å². The van der Waals surface area contributed by atoms with E-state index in [9.17, 15) is 8.42 Å². The minimum Gasteiger partial charge on any atom is -0.437 e. The van der Waals surface area contributed by atoms with Gasteiger partial charge in [-0.15, -0.1) is 0 Å². The summed E-state index contributed by atoms with van der Waals surface area (Å²) in [6.45, 7) is 3.02. The number of nitrogens with zero attached hydrogens (tertiary/aromatic N) is 2. The van der Waals surface area contributed by atoms with Crippen LogP contribution in [0.2, 0.25) is 0 Å². The number of hydrogen-bond donors (Lipinski definition) is 1. The van der Waals surface area contributed by atoms with Crippen LogP contribution in [0.5, 0.6) is 0 Å². The molecule has 188 valence electrons. The normalized spacial score (nSPS) is 19.9. The Morgan fingerprint density at radius 2 is 1.97 bits per heavy atom. The van der Waals surface area contributed by atoms with Gasteiger partial charge in [0, 0.05) is 21.8 Å². The van der Waals surface area contributed by atoms with Crippen molar-refractivity contribution in [2.75, 3.05) is 42.7 Å². The second-order valence-electron chi connectivity index (χ2n) is 9.14. The van der Waals surface area contributed by atoms with Gasteiger partial charge in [0.1, 0.15) is 23.9 Å². The molecule has 35 heavy (non-hydrogen) atoms. The molecule has 1 N–H and O–H groups in total. The fourth-order valence-corrected chi connectivity index (χ4v) is 5.52. The summed E-state index contributed by atoms with van der Waals surface area (Å²) in [6, 6.07) is 10.2. The van der Waals surface area contributed by atoms with E-state index < -0.39 is 10.0 Å². The van der Waals surface area contributed by atoms with E-state index in [0.29, 0.717) is 29.2 Å². The lowest BCUT2D eigenvalue weighted by molar-refractivity contribution is 0.159. The van der Waals surface area contributed by atoms with Crippen LogP contribution in [0.3, 0.4) is 0 Å². The number of nitrogens with one attached hydrogen (secondary N) is 1. The quantitative estimate of drug-likeness (QED) is 0.209. The first-order valence-corrected chi connectivity index (χ1v) is 14.8. The van der Waals surface area contributed by atoms with Crippen LogP contribution in [0.1, 0.15) is 41.6 Å². The molecule has 2 atom stereocenters. The Labute approximate surface area is 214 Å². The molecule has 1 aliphatic heterocycles. The number of likely N-dealkylation sites (N-methyl/N-ethyl adjacent to an activating group) is 1. The first-order chi connectivity index (χ1) is 16.8. The van der Waals surface area contributed by atoms with Crippen molar-refractivity contribution in [2.45, 2.75) is 38.0 Å². The van der Waals surface area contributed by atoms with Crippen LogP contribution in [-0.4, -0.2) is 58.0 Å². The summed E-state index contributed by atoms with van der Waals surface area (Å²) in [5.74, 6) is 1.42. The molecule has 0 radical (unpaired) electrons. The number of fused-ring (bicyclic) bond motifs is 1. The molecule has 0 amide bonds. The van der Waals surface area contributed by atoms with Crippen molar-refractivity contribution in [2.24, 2.45) is 0 Å². The smallest absolute Gasteiger partial charge is 0.233 e. The van der Waals surface area contributed by atoms with E-state index in [1.165, 1.54) is 10.6 Å². The molecular formula is C25H30BrN3O5S. The lowest BCUT2D eigenvalue weighted by atomic mass is 10.0. The van der Waals surface area contributed by atoms with Crippen molar-refractivity contribution >= 4 is 42.9 Å². The van der Waals surface area contributed by atoms with Crippen molar-refractivity contribution in [3.8, 4) is 11.3 Å². The first-order valence-electron chi connectivity index (χ1n) is 11.8. The zero-order valence-electron chi connectivity index (χ0n) is 20.1. The van der Waals surface area contributed by atoms with Gasteiger partial charge in [0.25, 0.3) is 0 Å². The number of pyridine rings is 1. The number of aryl methyl sites for hydroxylation is 1. The summed E-state index contributed by atoms with van der Waals surface area (Å²) in [4.78, 5) is 4.83. The third-order valence-corrected chi connectivity index (χ3v) is 7.90. The van der Waals surface area contributed by atoms with Gasteiger partial charge in [0.15, 0.2) is 0 Å². The second-order valence-corrected chi connectivity index (χ2v) is 11.8. The standard InChI is InChI=1S/C25H30BrN3O5S/c1-15-4-6-17(7-5-15)21-20(22-25(27-2)34-22)19-14-18(16-8-9-16)23(28-24(19)33-21)29(35(3,30)31)11-13-32-12-10-26/h4-7,14,16,22,25,27H,8-13H2,1-3H3. The van der Waals surface area contributed by atoms with E-state index in [2.05, 4.69) is 27.3 Å². The monoisotopic (exact) mass is 563 g/mol. The fraction of sp³-hybridized carbons (Fsp3) is 0.480. The molecule has 1 saturated carbocycles. The number of hydrogen-bond acceptors (Lipinski definition) is 7. The summed E-state index contributed by atoms with van der Waals surface area (Å²) in [5.41, 5.74) is 4.39. The molecule has 1 saturated heterocycles. The number of halogens is 1.